The van der Waals surface area contributed by atoms with E-state index in [4.69, 9.17) is 27.9 Å². The maximum atomic E-state index is 5.61. The minimum Gasteiger partial charge on any atom is -0.384 e. The van der Waals surface area contributed by atoms with E-state index in [-0.39, 0.29) is 0 Å². The Hall–Kier alpha value is 0.630. The van der Waals surface area contributed by atoms with E-state index < -0.39 is 0 Å². The summed E-state index contributed by atoms with van der Waals surface area (Å²) in [5.74, 6) is 1.73. The van der Waals surface area contributed by atoms with Crippen molar-refractivity contribution in [2.75, 3.05) is 25.2 Å². The number of methoxy groups -OCH3 is 1. The van der Waals surface area contributed by atoms with Gasteiger partial charge >= 0.3 is 0 Å². The average Bonchev–Trinajstić information content (AvgIpc) is 1.98. The van der Waals surface area contributed by atoms with E-state index in [2.05, 4.69) is 0 Å². The summed E-state index contributed by atoms with van der Waals surface area (Å²) >= 11 is 12.6. The molecule has 10 heavy (non-hydrogen) atoms. The van der Waals surface area contributed by atoms with Gasteiger partial charge in [-0.2, -0.15) is 11.8 Å². The summed E-state index contributed by atoms with van der Waals surface area (Å²) in [6, 6.07) is 0. The third-order valence-corrected chi connectivity index (χ3v) is 2.54. The van der Waals surface area contributed by atoms with Gasteiger partial charge in [0.15, 0.2) is 0 Å². The summed E-state index contributed by atoms with van der Waals surface area (Å²) < 4.78 is 4.84. The van der Waals surface area contributed by atoms with Gasteiger partial charge in [-0.05, 0) is 0 Å². The molecule has 0 aromatic heterocycles. The van der Waals surface area contributed by atoms with Crippen LogP contribution in [0.1, 0.15) is 0 Å². The van der Waals surface area contributed by atoms with Crippen molar-refractivity contribution in [1.29, 1.82) is 0 Å². The number of ether oxygens (including phenoxy) is 1. The average molecular weight is 201 g/mol. The van der Waals surface area contributed by atoms with Gasteiger partial charge in [0.2, 0.25) is 0 Å². The normalized spacial score (nSPS) is 12.1. The molecule has 0 aromatic rings. The third kappa shape index (κ3) is 6.75. The molecule has 0 aliphatic heterocycles. The highest BCUT2D eigenvalue weighted by molar-refractivity contribution is 7.99. The molecule has 0 radical (unpaired) electrons. The maximum Gasteiger partial charge on any atom is 0.0553 e. The van der Waals surface area contributed by atoms with Gasteiger partial charge in [-0.1, -0.05) is 23.2 Å². The van der Waals surface area contributed by atoms with Crippen LogP contribution < -0.4 is 0 Å². The van der Waals surface area contributed by atoms with E-state index >= 15 is 0 Å². The van der Waals surface area contributed by atoms with Crippen LogP contribution in [0.15, 0.2) is 10.6 Å². The predicted molar refractivity (Wildman–Crippen MR) is 49.0 cm³/mol. The van der Waals surface area contributed by atoms with Crippen LogP contribution in [0.4, 0.5) is 0 Å². The standard InChI is InChI=1S/C6H10Cl2OS/c1-9-2-3-10-5-6(8)4-7/h4H,2-3,5H2,1H3/b6-4-. The van der Waals surface area contributed by atoms with Crippen molar-refractivity contribution in [2.45, 2.75) is 0 Å². The summed E-state index contributed by atoms with van der Waals surface area (Å²) in [5, 5.41) is 0.683. The lowest BCUT2D eigenvalue weighted by molar-refractivity contribution is 0.218. The molecular weight excluding hydrogens is 191 g/mol. The van der Waals surface area contributed by atoms with Gasteiger partial charge in [-0.3, -0.25) is 0 Å². The van der Waals surface area contributed by atoms with Gasteiger partial charge in [0, 0.05) is 29.2 Å². The molecule has 0 saturated heterocycles. The lowest BCUT2D eigenvalue weighted by atomic mass is 10.7. The number of hydrogen-bond donors (Lipinski definition) is 0. The number of halogens is 2. The quantitative estimate of drug-likeness (QED) is 0.632. The topological polar surface area (TPSA) is 9.23 Å². The maximum absolute atomic E-state index is 5.61. The van der Waals surface area contributed by atoms with Crippen molar-refractivity contribution in [1.82, 2.24) is 0 Å². The van der Waals surface area contributed by atoms with Crippen LogP contribution in [0, 0.1) is 0 Å². The van der Waals surface area contributed by atoms with Crippen LogP contribution in [-0.2, 0) is 4.74 Å². The van der Waals surface area contributed by atoms with Crippen molar-refractivity contribution in [3.63, 3.8) is 0 Å². The van der Waals surface area contributed by atoms with Crippen LogP contribution in [0.5, 0.6) is 0 Å². The van der Waals surface area contributed by atoms with E-state index in [1.165, 1.54) is 5.54 Å². The minimum absolute atomic E-state index is 0.683. The molecule has 0 rings (SSSR count). The fraction of sp³-hybridized carbons (Fsp3) is 0.667. The Kier molecular flexibility index (Phi) is 8.22. The Morgan fingerprint density at radius 3 is 2.90 bits per heavy atom. The van der Waals surface area contributed by atoms with E-state index in [9.17, 15) is 0 Å². The van der Waals surface area contributed by atoms with Crippen molar-refractivity contribution < 1.29 is 4.74 Å². The molecule has 0 aliphatic carbocycles. The first-order valence-corrected chi connectivity index (χ1v) is 4.79. The summed E-state index contributed by atoms with van der Waals surface area (Å²) in [6.07, 6.45) is 0. The summed E-state index contributed by atoms with van der Waals surface area (Å²) in [6.45, 7) is 0.761. The minimum atomic E-state index is 0.683. The largest absolute Gasteiger partial charge is 0.384 e. The van der Waals surface area contributed by atoms with Gasteiger partial charge in [0.1, 0.15) is 0 Å². The van der Waals surface area contributed by atoms with E-state index in [0.29, 0.717) is 5.03 Å². The molecule has 0 fully saturated rings. The highest BCUT2D eigenvalue weighted by Crippen LogP contribution is 2.11. The number of rotatable bonds is 5. The third-order valence-electron chi connectivity index (χ3n) is 0.790. The van der Waals surface area contributed by atoms with Gasteiger partial charge in [0.05, 0.1) is 6.61 Å². The Morgan fingerprint density at radius 1 is 1.70 bits per heavy atom. The monoisotopic (exact) mass is 200 g/mol. The second kappa shape index (κ2) is 7.73. The molecule has 1 nitrogen and oxygen atoms in total. The molecule has 4 heteroatoms. The number of hydrogen-bond acceptors (Lipinski definition) is 2. The SMILES string of the molecule is COCCSC/C(Cl)=C/Cl. The lowest BCUT2D eigenvalue weighted by Gasteiger charge is -1.97. The van der Waals surface area contributed by atoms with Gasteiger partial charge in [-0.15, -0.1) is 0 Å². The Labute approximate surface area is 75.7 Å². The fourth-order valence-electron chi connectivity index (χ4n) is 0.343. The zero-order valence-electron chi connectivity index (χ0n) is 5.77. The van der Waals surface area contributed by atoms with Crippen molar-refractivity contribution >= 4 is 35.0 Å². The second-order valence-electron chi connectivity index (χ2n) is 1.60. The van der Waals surface area contributed by atoms with Crippen LogP contribution >= 0.6 is 35.0 Å². The Morgan fingerprint density at radius 2 is 2.40 bits per heavy atom. The number of thioether (sulfide) groups is 1. The summed E-state index contributed by atoms with van der Waals surface area (Å²) in [4.78, 5) is 0. The van der Waals surface area contributed by atoms with Crippen LogP contribution in [0.2, 0.25) is 0 Å². The molecule has 0 unspecified atom stereocenters. The molecule has 0 amide bonds. The van der Waals surface area contributed by atoms with E-state index in [1.54, 1.807) is 18.9 Å². The molecule has 60 valence electrons. The van der Waals surface area contributed by atoms with Crippen LogP contribution in [0.3, 0.4) is 0 Å². The highest BCUT2D eigenvalue weighted by atomic mass is 35.5. The molecule has 0 saturated carbocycles. The van der Waals surface area contributed by atoms with E-state index in [1.807, 2.05) is 0 Å². The lowest BCUT2D eigenvalue weighted by Crippen LogP contribution is -1.92. The molecule has 0 spiro atoms. The smallest absolute Gasteiger partial charge is 0.0553 e. The fourth-order valence-corrected chi connectivity index (χ4v) is 1.45. The van der Waals surface area contributed by atoms with E-state index in [0.717, 1.165) is 18.1 Å². The summed E-state index contributed by atoms with van der Waals surface area (Å²) in [5.41, 5.74) is 1.39. The first-order chi connectivity index (χ1) is 4.81. The molecule has 0 heterocycles. The van der Waals surface area contributed by atoms with Crippen LogP contribution in [0.25, 0.3) is 0 Å². The first kappa shape index (κ1) is 10.6. The van der Waals surface area contributed by atoms with Gasteiger partial charge in [0.25, 0.3) is 0 Å². The summed E-state index contributed by atoms with van der Waals surface area (Å²) in [7, 11) is 1.68. The zero-order valence-corrected chi connectivity index (χ0v) is 8.10. The van der Waals surface area contributed by atoms with Crippen molar-refractivity contribution in [3.8, 4) is 0 Å². The molecule has 0 aliphatic rings. The van der Waals surface area contributed by atoms with Gasteiger partial charge < -0.3 is 4.74 Å². The van der Waals surface area contributed by atoms with Gasteiger partial charge in [-0.25, -0.2) is 0 Å². The van der Waals surface area contributed by atoms with Crippen LogP contribution in [-0.4, -0.2) is 25.2 Å². The zero-order chi connectivity index (χ0) is 7.82. The first-order valence-electron chi connectivity index (χ1n) is 2.82. The molecule has 0 aromatic carbocycles. The molecule has 0 atom stereocenters. The van der Waals surface area contributed by atoms with Crippen molar-refractivity contribution in [2.24, 2.45) is 0 Å². The molecule has 0 bridgehead atoms. The highest BCUT2D eigenvalue weighted by Gasteiger charge is 1.91. The predicted octanol–water partition coefficient (Wildman–Crippen LogP) is 2.69. The second-order valence-corrected chi connectivity index (χ2v) is 3.41. The molecule has 0 N–H and O–H groups in total. The van der Waals surface area contributed by atoms with Crippen molar-refractivity contribution in [3.05, 3.63) is 10.6 Å². The molecular formula is C6H10Cl2OS. The Bertz CT molecular complexity index is 106. The Balaban J connectivity index is 3.04.